The van der Waals surface area contributed by atoms with Gasteiger partial charge in [0.1, 0.15) is 23.1 Å². The molecule has 10 nitrogen and oxygen atoms in total. The van der Waals surface area contributed by atoms with Crippen LogP contribution in [0.15, 0.2) is 73.1 Å². The van der Waals surface area contributed by atoms with Gasteiger partial charge in [-0.15, -0.1) is 0 Å². The molecule has 0 amide bonds. The summed E-state index contributed by atoms with van der Waals surface area (Å²) >= 11 is 6.11. The van der Waals surface area contributed by atoms with Crippen molar-refractivity contribution in [3.05, 3.63) is 95.5 Å². The predicted molar refractivity (Wildman–Crippen MR) is 176 cm³/mol. The van der Waals surface area contributed by atoms with E-state index in [4.69, 9.17) is 21.1 Å². The molecule has 0 fully saturated rings. The average molecular weight is 693 g/mol. The minimum absolute atomic E-state index is 0. The first kappa shape index (κ1) is 35.7. The number of anilines is 4. The van der Waals surface area contributed by atoms with Crippen molar-refractivity contribution < 1.29 is 70.0 Å². The van der Waals surface area contributed by atoms with Crippen LogP contribution in [0.4, 0.5) is 27.4 Å². The fraction of sp³-hybridized carbons (Fsp3) is 0.235. The minimum Gasteiger partial charge on any atom is -1.00 e. The number of fused-ring (bicyclic) bond motifs is 4. The number of hydrogen-bond acceptors (Lipinski definition) is 10. The van der Waals surface area contributed by atoms with Crippen LogP contribution in [0.25, 0.3) is 22.1 Å². The van der Waals surface area contributed by atoms with Gasteiger partial charge < -0.3 is 24.0 Å². The van der Waals surface area contributed by atoms with Gasteiger partial charge in [-0.3, -0.25) is 0 Å². The summed E-state index contributed by atoms with van der Waals surface area (Å²) in [5.41, 5.74) is 5.57. The van der Waals surface area contributed by atoms with Crippen LogP contribution in [0, 0.1) is 6.08 Å². The smallest absolute Gasteiger partial charge is 1.00 e. The third-order valence-electron chi connectivity index (χ3n) is 8.17. The molecule has 2 aromatic carbocycles. The maximum Gasteiger partial charge on any atom is 1.00 e. The molecule has 0 saturated carbocycles. The van der Waals surface area contributed by atoms with Crippen molar-refractivity contribution in [2.75, 3.05) is 37.1 Å². The van der Waals surface area contributed by atoms with Gasteiger partial charge in [0.25, 0.3) is 0 Å². The Bertz CT molecular complexity index is 1930. The van der Waals surface area contributed by atoms with E-state index in [2.05, 4.69) is 46.9 Å². The Morgan fingerprint density at radius 3 is 1.71 bits per heavy atom. The van der Waals surface area contributed by atoms with Crippen LogP contribution >= 0.6 is 11.6 Å². The van der Waals surface area contributed by atoms with Gasteiger partial charge in [0.15, 0.2) is 11.3 Å². The Kier molecular flexibility index (Phi) is 11.7. The summed E-state index contributed by atoms with van der Waals surface area (Å²) in [4.78, 5) is 29.2. The van der Waals surface area contributed by atoms with Crippen LogP contribution in [-0.2, 0) is 12.8 Å². The van der Waals surface area contributed by atoms with E-state index in [0.29, 0.717) is 17.1 Å². The summed E-state index contributed by atoms with van der Waals surface area (Å²) in [6.45, 7) is 1.66. The molecule has 0 aliphatic carbocycles. The van der Waals surface area contributed by atoms with Crippen molar-refractivity contribution in [1.82, 2.24) is 29.9 Å². The molecule has 4 aromatic heterocycles. The number of ether oxygens (including phenoxy) is 2. The van der Waals surface area contributed by atoms with E-state index >= 15 is 0 Å². The van der Waals surface area contributed by atoms with Crippen molar-refractivity contribution in [2.24, 2.45) is 0 Å². The van der Waals surface area contributed by atoms with E-state index in [-0.39, 0.29) is 61.4 Å². The standard InChI is InChI=1S/C17H15ClN4O.C17H15FN4O.FH.K/c2*1-23-12-6-7-14-11(10-12)4-3-9-22(14)16-13-5-2-8-19-15(13)20-17(18)21-16;;/h2*2,5-8,10H,3-4,9H2,1H3;1H;/q;;;+1/p-1/i;18-1;1-1;. The zero-order chi connectivity index (χ0) is 31.6. The number of pyridine rings is 2. The van der Waals surface area contributed by atoms with Crippen LogP contribution in [0.1, 0.15) is 24.0 Å². The second-order valence-electron chi connectivity index (χ2n) is 10.9. The van der Waals surface area contributed by atoms with E-state index in [9.17, 15) is 4.39 Å². The third kappa shape index (κ3) is 7.21. The van der Waals surface area contributed by atoms with Crippen molar-refractivity contribution in [2.45, 2.75) is 25.7 Å². The van der Waals surface area contributed by atoms with E-state index in [1.165, 1.54) is 11.1 Å². The molecule has 0 unspecified atom stereocenters. The van der Waals surface area contributed by atoms with Gasteiger partial charge in [0.05, 0.1) is 25.0 Å². The fourth-order valence-electron chi connectivity index (χ4n) is 6.09. The van der Waals surface area contributed by atoms with Crippen LogP contribution in [0.2, 0.25) is 5.28 Å². The van der Waals surface area contributed by atoms with Crippen molar-refractivity contribution in [3.8, 4) is 11.5 Å². The first-order valence-corrected chi connectivity index (χ1v) is 15.4. The summed E-state index contributed by atoms with van der Waals surface area (Å²) in [7, 11) is 3.34. The normalized spacial score (nSPS) is 13.3. The van der Waals surface area contributed by atoms with Gasteiger partial charge in [-0.05, 0) is 109 Å². The summed E-state index contributed by atoms with van der Waals surface area (Å²) < 4.78 is 24.5. The molecule has 0 N–H and O–H groups in total. The Balaban J connectivity index is 0.000000180. The molecule has 0 spiro atoms. The summed E-state index contributed by atoms with van der Waals surface area (Å²) in [5.74, 6) is 3.06. The third-order valence-corrected chi connectivity index (χ3v) is 8.34. The number of halogens is 3. The number of aryl methyl sites for hydroxylation is 2. The minimum atomic E-state index is -0.758. The molecule has 48 heavy (non-hydrogen) atoms. The fourth-order valence-corrected chi connectivity index (χ4v) is 6.25. The van der Waals surface area contributed by atoms with Gasteiger partial charge in [-0.1, -0.05) is 0 Å². The molecular formula is C34H30ClF2KN8O2. The van der Waals surface area contributed by atoms with Crippen LogP contribution in [0.3, 0.4) is 0 Å². The molecular weight excluding hydrogens is 663 g/mol. The van der Waals surface area contributed by atoms with Gasteiger partial charge in [0.2, 0.25) is 5.28 Å². The summed E-state index contributed by atoms with van der Waals surface area (Å²) in [6, 6.07) is 19.6. The van der Waals surface area contributed by atoms with Gasteiger partial charge in [-0.25, -0.2) is 9.97 Å². The molecule has 0 bridgehead atoms. The monoisotopic (exact) mass is 692 g/mol. The molecule has 0 saturated heterocycles. The van der Waals surface area contributed by atoms with Crippen LogP contribution < -0.4 is 75.4 Å². The SMILES string of the molecule is COc1ccc2c(c1)CCCN2c1nc(Cl)nc2ncccc12.COc1ccc2c(c1)CCCN2c1nc([18F])nc2ncccc12.[18F-].[K+]. The number of nitrogens with zero attached hydrogens (tertiary/aromatic N) is 8. The van der Waals surface area contributed by atoms with Crippen LogP contribution in [0.5, 0.6) is 11.5 Å². The molecule has 2 aliphatic rings. The molecule has 2 aliphatic heterocycles. The van der Waals surface area contributed by atoms with Gasteiger partial charge >= 0.3 is 57.5 Å². The predicted octanol–water partition coefficient (Wildman–Crippen LogP) is 1.04. The molecule has 8 rings (SSSR count). The Morgan fingerprint density at radius 2 is 1.19 bits per heavy atom. The van der Waals surface area contributed by atoms with Gasteiger partial charge in [-0.2, -0.15) is 24.3 Å². The summed E-state index contributed by atoms with van der Waals surface area (Å²) in [5, 5.41) is 1.87. The van der Waals surface area contributed by atoms with Crippen molar-refractivity contribution >= 4 is 56.7 Å². The average Bonchev–Trinajstić information content (AvgIpc) is 3.10. The molecule has 6 aromatic rings. The Morgan fingerprint density at radius 1 is 0.688 bits per heavy atom. The molecule has 240 valence electrons. The zero-order valence-corrected chi connectivity index (χ0v) is 30.6. The Labute approximate surface area is 323 Å². The molecule has 0 atom stereocenters. The Hall–Kier alpha value is -3.59. The zero-order valence-electron chi connectivity index (χ0n) is 26.7. The number of hydrogen-bond donors (Lipinski definition) is 0. The largest absolute Gasteiger partial charge is 1.00 e. The van der Waals surface area contributed by atoms with E-state index < -0.39 is 6.08 Å². The van der Waals surface area contributed by atoms with E-state index in [1.54, 1.807) is 26.6 Å². The number of aromatic nitrogens is 6. The summed E-state index contributed by atoms with van der Waals surface area (Å²) in [6.07, 6.45) is 6.56. The van der Waals surface area contributed by atoms with Crippen LogP contribution in [-0.4, -0.2) is 57.2 Å². The molecule has 0 radical (unpaired) electrons. The van der Waals surface area contributed by atoms with E-state index in [0.717, 1.165) is 78.2 Å². The van der Waals surface area contributed by atoms with Crippen molar-refractivity contribution in [3.63, 3.8) is 0 Å². The topological polar surface area (TPSA) is 102 Å². The first-order chi connectivity index (χ1) is 22.5. The second-order valence-corrected chi connectivity index (χ2v) is 11.2. The van der Waals surface area contributed by atoms with Crippen molar-refractivity contribution in [1.29, 1.82) is 0 Å². The maximum atomic E-state index is 13.8. The molecule has 14 heteroatoms. The molecule has 6 heterocycles. The number of methoxy groups -OCH3 is 2. The first-order valence-electron chi connectivity index (χ1n) is 15.0. The van der Waals surface area contributed by atoms with Gasteiger partial charge in [0, 0.05) is 36.9 Å². The number of rotatable bonds is 4. The van der Waals surface area contributed by atoms with E-state index in [1.807, 2.05) is 53.4 Å². The maximum absolute atomic E-state index is 13.8. The number of benzene rings is 2. The second kappa shape index (κ2) is 15.7. The quantitative estimate of drug-likeness (QED) is 0.197.